The lowest BCUT2D eigenvalue weighted by Crippen LogP contribution is -2.34. The van der Waals surface area contributed by atoms with E-state index in [9.17, 15) is 9.90 Å². The smallest absolute Gasteiger partial charge is 0.341 e. The summed E-state index contributed by atoms with van der Waals surface area (Å²) in [6, 6.07) is 0. The van der Waals surface area contributed by atoms with Crippen molar-refractivity contribution in [1.82, 2.24) is 9.59 Å². The van der Waals surface area contributed by atoms with Gasteiger partial charge >= 0.3 is 5.97 Å². The van der Waals surface area contributed by atoms with Crippen molar-refractivity contribution >= 4 is 17.5 Å². The number of carboxylic acids is 1. The lowest BCUT2D eigenvalue weighted by molar-refractivity contribution is -0.161. The highest BCUT2D eigenvalue weighted by Crippen LogP contribution is 2.39. The molecule has 0 amide bonds. The monoisotopic (exact) mass is 214 g/mol. The van der Waals surface area contributed by atoms with Crippen LogP contribution in [-0.4, -0.2) is 27.3 Å². The SMILES string of the molecule is Cc1nnsc1C1(C(=O)O)CCCO1. The van der Waals surface area contributed by atoms with E-state index < -0.39 is 11.6 Å². The fourth-order valence-electron chi connectivity index (χ4n) is 1.68. The zero-order valence-electron chi connectivity index (χ0n) is 7.69. The molecule has 1 N–H and O–H groups in total. The van der Waals surface area contributed by atoms with Crippen LogP contribution in [0.5, 0.6) is 0 Å². The van der Waals surface area contributed by atoms with Crippen LogP contribution in [-0.2, 0) is 15.1 Å². The number of nitrogens with zero attached hydrogens (tertiary/aromatic N) is 2. The molecular weight excluding hydrogens is 204 g/mol. The van der Waals surface area contributed by atoms with E-state index in [1.54, 1.807) is 6.92 Å². The lowest BCUT2D eigenvalue weighted by Gasteiger charge is -2.21. The summed E-state index contributed by atoms with van der Waals surface area (Å²) in [5.74, 6) is -0.941. The van der Waals surface area contributed by atoms with Crippen molar-refractivity contribution in [2.24, 2.45) is 0 Å². The molecule has 6 heteroatoms. The van der Waals surface area contributed by atoms with Crippen LogP contribution >= 0.6 is 11.5 Å². The maximum Gasteiger partial charge on any atom is 0.341 e. The molecule has 1 fully saturated rings. The first kappa shape index (κ1) is 9.54. The van der Waals surface area contributed by atoms with Crippen molar-refractivity contribution < 1.29 is 14.6 Å². The number of carbonyl (C=O) groups is 1. The zero-order valence-corrected chi connectivity index (χ0v) is 8.50. The number of aryl methyl sites for hydroxylation is 1. The third-order valence-electron chi connectivity index (χ3n) is 2.39. The van der Waals surface area contributed by atoms with Crippen LogP contribution in [0.2, 0.25) is 0 Å². The molecule has 1 atom stereocenters. The molecule has 0 radical (unpaired) electrons. The topological polar surface area (TPSA) is 72.3 Å². The van der Waals surface area contributed by atoms with E-state index in [1.807, 2.05) is 0 Å². The third-order valence-corrected chi connectivity index (χ3v) is 3.36. The normalized spacial score (nSPS) is 26.6. The van der Waals surface area contributed by atoms with Crippen LogP contribution in [0, 0.1) is 6.92 Å². The first-order chi connectivity index (χ1) is 6.67. The Morgan fingerprint density at radius 3 is 2.93 bits per heavy atom. The minimum Gasteiger partial charge on any atom is -0.479 e. The van der Waals surface area contributed by atoms with Gasteiger partial charge in [0.2, 0.25) is 5.60 Å². The molecule has 14 heavy (non-hydrogen) atoms. The Balaban J connectivity index is 2.46. The van der Waals surface area contributed by atoms with Crippen LogP contribution in [0.1, 0.15) is 23.4 Å². The van der Waals surface area contributed by atoms with Gasteiger partial charge in [-0.05, 0) is 31.3 Å². The van der Waals surface area contributed by atoms with E-state index in [2.05, 4.69) is 9.59 Å². The first-order valence-corrected chi connectivity index (χ1v) is 5.11. The van der Waals surface area contributed by atoms with E-state index in [-0.39, 0.29) is 0 Å². The number of carboxylic acid groups (broad SMARTS) is 1. The Bertz CT molecular complexity index is 357. The molecule has 1 aromatic rings. The molecule has 0 aliphatic carbocycles. The van der Waals surface area contributed by atoms with Crippen LogP contribution in [0.3, 0.4) is 0 Å². The maximum atomic E-state index is 11.2. The van der Waals surface area contributed by atoms with Gasteiger partial charge in [-0.15, -0.1) is 5.10 Å². The van der Waals surface area contributed by atoms with Gasteiger partial charge in [-0.25, -0.2) is 4.79 Å². The molecule has 0 aromatic carbocycles. The Morgan fingerprint density at radius 1 is 1.71 bits per heavy atom. The van der Waals surface area contributed by atoms with Gasteiger partial charge in [0.05, 0.1) is 10.6 Å². The number of aliphatic carboxylic acids is 1. The van der Waals surface area contributed by atoms with Crippen LogP contribution < -0.4 is 0 Å². The minimum absolute atomic E-state index is 0.490. The van der Waals surface area contributed by atoms with Crippen molar-refractivity contribution in [3.63, 3.8) is 0 Å². The summed E-state index contributed by atoms with van der Waals surface area (Å²) in [5, 5.41) is 13.0. The van der Waals surface area contributed by atoms with Crippen LogP contribution in [0.25, 0.3) is 0 Å². The summed E-state index contributed by atoms with van der Waals surface area (Å²) >= 11 is 1.11. The van der Waals surface area contributed by atoms with E-state index in [0.29, 0.717) is 23.6 Å². The van der Waals surface area contributed by atoms with Gasteiger partial charge in [-0.1, -0.05) is 4.49 Å². The second-order valence-electron chi connectivity index (χ2n) is 3.27. The number of hydrogen-bond acceptors (Lipinski definition) is 5. The van der Waals surface area contributed by atoms with Gasteiger partial charge in [0.15, 0.2) is 0 Å². The number of hydrogen-bond donors (Lipinski definition) is 1. The summed E-state index contributed by atoms with van der Waals surface area (Å²) in [5.41, 5.74) is -0.530. The predicted molar refractivity (Wildman–Crippen MR) is 49.1 cm³/mol. The van der Waals surface area contributed by atoms with Gasteiger partial charge < -0.3 is 9.84 Å². The molecule has 5 nitrogen and oxygen atoms in total. The van der Waals surface area contributed by atoms with Crippen LogP contribution in [0.4, 0.5) is 0 Å². The maximum absolute atomic E-state index is 11.2. The van der Waals surface area contributed by atoms with Crippen molar-refractivity contribution in [2.75, 3.05) is 6.61 Å². The highest BCUT2D eigenvalue weighted by molar-refractivity contribution is 7.06. The first-order valence-electron chi connectivity index (χ1n) is 4.33. The van der Waals surface area contributed by atoms with Gasteiger partial charge in [-0.3, -0.25) is 0 Å². The lowest BCUT2D eigenvalue weighted by atomic mass is 9.97. The number of ether oxygens (including phenoxy) is 1. The minimum atomic E-state index is -1.18. The molecular formula is C8H10N2O3S. The van der Waals surface area contributed by atoms with Gasteiger partial charge in [0.25, 0.3) is 0 Å². The van der Waals surface area contributed by atoms with Crippen LogP contribution in [0.15, 0.2) is 0 Å². The molecule has 2 heterocycles. The summed E-state index contributed by atoms with van der Waals surface area (Å²) in [6.45, 7) is 2.24. The molecule has 1 aromatic heterocycles. The van der Waals surface area contributed by atoms with E-state index in [4.69, 9.17) is 4.74 Å². The second kappa shape index (κ2) is 3.29. The Hall–Kier alpha value is -1.01. The van der Waals surface area contributed by atoms with Crippen molar-refractivity contribution in [2.45, 2.75) is 25.4 Å². The average molecular weight is 214 g/mol. The standard InChI is InChI=1S/C8H10N2O3S/c1-5-6(14-10-9-5)8(7(11)12)3-2-4-13-8/h2-4H2,1H3,(H,11,12). The van der Waals surface area contributed by atoms with E-state index in [0.717, 1.165) is 18.0 Å². The highest BCUT2D eigenvalue weighted by atomic mass is 32.1. The summed E-state index contributed by atoms with van der Waals surface area (Å²) < 4.78 is 9.10. The van der Waals surface area contributed by atoms with Crippen molar-refractivity contribution in [3.8, 4) is 0 Å². The molecule has 1 unspecified atom stereocenters. The highest BCUT2D eigenvalue weighted by Gasteiger charge is 2.47. The molecule has 0 spiro atoms. The molecule has 76 valence electrons. The van der Waals surface area contributed by atoms with Gasteiger partial charge in [-0.2, -0.15) is 0 Å². The second-order valence-corrected chi connectivity index (χ2v) is 4.03. The molecule has 0 saturated carbocycles. The van der Waals surface area contributed by atoms with Crippen molar-refractivity contribution in [1.29, 1.82) is 0 Å². The fraction of sp³-hybridized carbons (Fsp3) is 0.625. The van der Waals surface area contributed by atoms with E-state index in [1.165, 1.54) is 0 Å². The fourth-order valence-corrected chi connectivity index (χ4v) is 2.50. The van der Waals surface area contributed by atoms with Crippen molar-refractivity contribution in [3.05, 3.63) is 10.6 Å². The summed E-state index contributed by atoms with van der Waals surface area (Å²) in [7, 11) is 0. The Kier molecular flexibility index (Phi) is 2.24. The summed E-state index contributed by atoms with van der Waals surface area (Å²) in [6.07, 6.45) is 1.27. The number of rotatable bonds is 2. The quantitative estimate of drug-likeness (QED) is 0.793. The largest absolute Gasteiger partial charge is 0.479 e. The zero-order chi connectivity index (χ0) is 10.2. The molecule has 0 bridgehead atoms. The van der Waals surface area contributed by atoms with Gasteiger partial charge in [0, 0.05) is 6.61 Å². The Labute approximate surface area is 84.9 Å². The molecule has 1 aliphatic rings. The molecule has 1 aliphatic heterocycles. The molecule has 1 saturated heterocycles. The predicted octanol–water partition coefficient (Wildman–Crippen LogP) is 0.937. The third kappa shape index (κ3) is 1.22. The molecule has 2 rings (SSSR count). The van der Waals surface area contributed by atoms with E-state index >= 15 is 0 Å². The van der Waals surface area contributed by atoms with Gasteiger partial charge in [0.1, 0.15) is 0 Å². The Morgan fingerprint density at radius 2 is 2.50 bits per heavy atom. The average Bonchev–Trinajstić information content (AvgIpc) is 2.72. The number of aromatic nitrogens is 2. The summed E-state index contributed by atoms with van der Waals surface area (Å²) in [4.78, 5) is 11.8.